The Bertz CT molecular complexity index is 1010. The number of carbonyl (C=O) groups is 2. The molecule has 0 saturated heterocycles. The third-order valence-electron chi connectivity index (χ3n) is 4.16. The highest BCUT2D eigenvalue weighted by atomic mass is 16.5. The molecule has 0 bridgehead atoms. The zero-order chi connectivity index (χ0) is 20.6. The smallest absolute Gasteiger partial charge is 0.343 e. The minimum atomic E-state index is -0.455. The van der Waals surface area contributed by atoms with E-state index in [1.54, 1.807) is 79.9 Å². The molecule has 3 rings (SSSR count). The number of azo groups is 1. The molecule has 0 aliphatic carbocycles. The van der Waals surface area contributed by atoms with Crippen LogP contribution in [0, 0.1) is 0 Å². The molecular formula is C23H20N2O4. The number of hydrogen-bond acceptors (Lipinski definition) is 6. The van der Waals surface area contributed by atoms with Gasteiger partial charge >= 0.3 is 5.97 Å². The van der Waals surface area contributed by atoms with Gasteiger partial charge in [-0.25, -0.2) is 4.79 Å². The molecule has 29 heavy (non-hydrogen) atoms. The van der Waals surface area contributed by atoms with E-state index in [4.69, 9.17) is 9.47 Å². The lowest BCUT2D eigenvalue weighted by Crippen LogP contribution is -2.08. The summed E-state index contributed by atoms with van der Waals surface area (Å²) < 4.78 is 10.4. The van der Waals surface area contributed by atoms with Crippen molar-refractivity contribution in [1.82, 2.24) is 0 Å². The number of benzene rings is 3. The van der Waals surface area contributed by atoms with Gasteiger partial charge in [-0.05, 0) is 72.8 Å². The fourth-order valence-electron chi connectivity index (χ4n) is 2.51. The van der Waals surface area contributed by atoms with Gasteiger partial charge in [0.1, 0.15) is 11.5 Å². The van der Waals surface area contributed by atoms with Crippen LogP contribution in [0.3, 0.4) is 0 Å². The Labute approximate surface area is 168 Å². The number of rotatable bonds is 7. The minimum Gasteiger partial charge on any atom is -0.497 e. The molecule has 0 radical (unpaired) electrons. The SMILES string of the molecule is CCC(=O)c1ccc(N=Nc2ccc(OC(=O)c3ccc(OC)cc3)cc2)cc1. The zero-order valence-electron chi connectivity index (χ0n) is 16.2. The molecule has 0 unspecified atom stereocenters. The van der Waals surface area contributed by atoms with E-state index >= 15 is 0 Å². The number of methoxy groups -OCH3 is 1. The summed E-state index contributed by atoms with van der Waals surface area (Å²) in [5.74, 6) is 0.715. The average molecular weight is 388 g/mol. The van der Waals surface area contributed by atoms with Crippen LogP contribution >= 0.6 is 0 Å². The number of hydrogen-bond donors (Lipinski definition) is 0. The van der Waals surface area contributed by atoms with E-state index in [9.17, 15) is 9.59 Å². The van der Waals surface area contributed by atoms with Crippen LogP contribution in [0.4, 0.5) is 11.4 Å². The molecule has 3 aromatic rings. The molecule has 0 N–H and O–H groups in total. The van der Waals surface area contributed by atoms with Crippen LogP contribution in [0.15, 0.2) is 83.0 Å². The Kier molecular flexibility index (Phi) is 6.47. The van der Waals surface area contributed by atoms with Crippen molar-refractivity contribution in [3.8, 4) is 11.5 Å². The van der Waals surface area contributed by atoms with Gasteiger partial charge in [0.2, 0.25) is 0 Å². The van der Waals surface area contributed by atoms with Gasteiger partial charge < -0.3 is 9.47 Å². The van der Waals surface area contributed by atoms with Gasteiger partial charge in [-0.2, -0.15) is 10.2 Å². The van der Waals surface area contributed by atoms with Crippen molar-refractivity contribution in [3.05, 3.63) is 83.9 Å². The third kappa shape index (κ3) is 5.35. The second-order valence-electron chi connectivity index (χ2n) is 6.14. The van der Waals surface area contributed by atoms with E-state index in [-0.39, 0.29) is 5.78 Å². The van der Waals surface area contributed by atoms with Crippen LogP contribution in [0.5, 0.6) is 11.5 Å². The summed E-state index contributed by atoms with van der Waals surface area (Å²) in [6, 6.07) is 20.4. The van der Waals surface area contributed by atoms with Crippen molar-refractivity contribution in [1.29, 1.82) is 0 Å². The van der Waals surface area contributed by atoms with Gasteiger partial charge in [-0.1, -0.05) is 6.92 Å². The molecule has 0 aliphatic heterocycles. The molecule has 0 atom stereocenters. The van der Waals surface area contributed by atoms with E-state index in [1.165, 1.54) is 0 Å². The molecule has 0 fully saturated rings. The van der Waals surface area contributed by atoms with Gasteiger partial charge in [-0.15, -0.1) is 0 Å². The molecule has 0 aromatic heterocycles. The molecule has 0 heterocycles. The van der Waals surface area contributed by atoms with Crippen molar-refractivity contribution >= 4 is 23.1 Å². The molecule has 146 valence electrons. The number of nitrogens with zero attached hydrogens (tertiary/aromatic N) is 2. The molecular weight excluding hydrogens is 368 g/mol. The summed E-state index contributed by atoms with van der Waals surface area (Å²) in [5, 5.41) is 8.31. The number of carbonyl (C=O) groups excluding carboxylic acids is 2. The van der Waals surface area contributed by atoms with Crippen molar-refractivity contribution < 1.29 is 19.1 Å². The van der Waals surface area contributed by atoms with Crippen LogP contribution < -0.4 is 9.47 Å². The molecule has 0 amide bonds. The number of ether oxygens (including phenoxy) is 2. The van der Waals surface area contributed by atoms with Crippen molar-refractivity contribution in [2.45, 2.75) is 13.3 Å². The minimum absolute atomic E-state index is 0.0910. The van der Waals surface area contributed by atoms with Gasteiger partial charge in [0.15, 0.2) is 5.78 Å². The highest BCUT2D eigenvalue weighted by molar-refractivity contribution is 5.96. The third-order valence-corrected chi connectivity index (χ3v) is 4.16. The molecule has 3 aromatic carbocycles. The first-order valence-corrected chi connectivity index (χ1v) is 9.10. The van der Waals surface area contributed by atoms with Crippen LogP contribution in [-0.2, 0) is 0 Å². The predicted octanol–water partition coefficient (Wildman–Crippen LogP) is 5.92. The normalized spacial score (nSPS) is 10.7. The van der Waals surface area contributed by atoms with Crippen molar-refractivity contribution in [3.63, 3.8) is 0 Å². The van der Waals surface area contributed by atoms with Gasteiger partial charge in [0.25, 0.3) is 0 Å². The maximum absolute atomic E-state index is 12.2. The maximum atomic E-state index is 12.2. The topological polar surface area (TPSA) is 77.3 Å². The number of Topliss-reactive ketones (excluding diaryl/α,β-unsaturated/α-hetero) is 1. The Balaban J connectivity index is 1.61. The molecule has 0 saturated carbocycles. The van der Waals surface area contributed by atoms with Gasteiger partial charge in [-0.3, -0.25) is 4.79 Å². The Morgan fingerprint density at radius 2 is 1.21 bits per heavy atom. The summed E-state index contributed by atoms with van der Waals surface area (Å²) >= 11 is 0. The van der Waals surface area contributed by atoms with Crippen LogP contribution in [0.25, 0.3) is 0 Å². The molecule has 0 spiro atoms. The van der Waals surface area contributed by atoms with Crippen molar-refractivity contribution in [2.75, 3.05) is 7.11 Å². The van der Waals surface area contributed by atoms with E-state index in [1.807, 2.05) is 6.92 Å². The highest BCUT2D eigenvalue weighted by Crippen LogP contribution is 2.23. The quantitative estimate of drug-likeness (QED) is 0.218. The maximum Gasteiger partial charge on any atom is 0.343 e. The first-order chi connectivity index (χ1) is 14.1. The number of esters is 1. The summed E-state index contributed by atoms with van der Waals surface area (Å²) in [6.45, 7) is 1.83. The molecule has 6 nitrogen and oxygen atoms in total. The van der Waals surface area contributed by atoms with E-state index in [0.29, 0.717) is 40.4 Å². The lowest BCUT2D eigenvalue weighted by Gasteiger charge is -2.05. The summed E-state index contributed by atoms with van der Waals surface area (Å²) in [4.78, 5) is 23.8. The largest absolute Gasteiger partial charge is 0.497 e. The summed E-state index contributed by atoms with van der Waals surface area (Å²) in [7, 11) is 1.56. The first-order valence-electron chi connectivity index (χ1n) is 9.10. The Hall–Kier alpha value is -3.80. The monoisotopic (exact) mass is 388 g/mol. The van der Waals surface area contributed by atoms with Crippen LogP contribution in [-0.4, -0.2) is 18.9 Å². The van der Waals surface area contributed by atoms with Crippen molar-refractivity contribution in [2.24, 2.45) is 10.2 Å². The first kappa shape index (κ1) is 19.9. The number of ketones is 1. The van der Waals surface area contributed by atoms with Crippen LogP contribution in [0.1, 0.15) is 34.1 Å². The zero-order valence-corrected chi connectivity index (χ0v) is 16.2. The molecule has 0 aliphatic rings. The fourth-order valence-corrected chi connectivity index (χ4v) is 2.51. The summed E-state index contributed by atoms with van der Waals surface area (Å²) in [6.07, 6.45) is 0.469. The Morgan fingerprint density at radius 3 is 1.72 bits per heavy atom. The lowest BCUT2D eigenvalue weighted by atomic mass is 10.1. The lowest BCUT2D eigenvalue weighted by molar-refractivity contribution is 0.0734. The second-order valence-corrected chi connectivity index (χ2v) is 6.14. The van der Waals surface area contributed by atoms with Crippen LogP contribution in [0.2, 0.25) is 0 Å². The highest BCUT2D eigenvalue weighted by Gasteiger charge is 2.08. The predicted molar refractivity (Wildman–Crippen MR) is 110 cm³/mol. The standard InChI is InChI=1S/C23H20N2O4/c1-3-22(26)16-4-8-18(9-5-16)24-25-19-10-14-21(15-11-19)29-23(27)17-6-12-20(28-2)13-7-17/h4-15H,3H2,1-2H3. The second kappa shape index (κ2) is 9.41. The van der Waals surface area contributed by atoms with E-state index in [0.717, 1.165) is 0 Å². The fraction of sp³-hybridized carbons (Fsp3) is 0.130. The van der Waals surface area contributed by atoms with E-state index in [2.05, 4.69) is 10.2 Å². The van der Waals surface area contributed by atoms with Gasteiger partial charge in [0, 0.05) is 12.0 Å². The van der Waals surface area contributed by atoms with Gasteiger partial charge in [0.05, 0.1) is 24.0 Å². The molecule has 6 heteroatoms. The van der Waals surface area contributed by atoms with E-state index < -0.39 is 5.97 Å². The Morgan fingerprint density at radius 1 is 0.724 bits per heavy atom. The average Bonchev–Trinajstić information content (AvgIpc) is 2.78. The summed E-state index contributed by atoms with van der Waals surface area (Å²) in [5.41, 5.74) is 2.35.